The molecule has 0 spiro atoms. The minimum absolute atomic E-state index is 0.0190. The maximum atomic E-state index is 13.3. The van der Waals surface area contributed by atoms with Gasteiger partial charge >= 0.3 is 0 Å². The summed E-state index contributed by atoms with van der Waals surface area (Å²) in [5, 5.41) is 0. The third kappa shape index (κ3) is 6.04. The fraction of sp³-hybridized carbons (Fsp3) is 0.320. The van der Waals surface area contributed by atoms with Crippen LogP contribution < -0.4 is 0 Å². The van der Waals surface area contributed by atoms with Crippen LogP contribution in [0.1, 0.15) is 34.4 Å². The molecule has 3 aromatic rings. The Morgan fingerprint density at radius 1 is 0.909 bits per heavy atom. The van der Waals surface area contributed by atoms with E-state index in [1.165, 1.54) is 25.3 Å². The number of aromatic nitrogens is 1. The normalized spacial score (nSPS) is 14.0. The molecule has 0 unspecified atom stereocenters. The van der Waals surface area contributed by atoms with Gasteiger partial charge in [0.1, 0.15) is 12.1 Å². The number of piperazine rings is 1. The first-order valence-electron chi connectivity index (χ1n) is 11.0. The zero-order chi connectivity index (χ0) is 23.2. The number of halogens is 1. The number of nitrogens with zero attached hydrogens (tertiary/aromatic N) is 4. The highest BCUT2D eigenvalue weighted by atomic mass is 19.1. The molecule has 0 radical (unpaired) electrons. The molecular formula is C25H27FN4O3. The van der Waals surface area contributed by atoms with E-state index in [1.807, 2.05) is 30.3 Å². The summed E-state index contributed by atoms with van der Waals surface area (Å²) in [5.74, 6) is -0.000977. The third-order valence-corrected chi connectivity index (χ3v) is 5.71. The van der Waals surface area contributed by atoms with Crippen molar-refractivity contribution in [3.8, 4) is 0 Å². The van der Waals surface area contributed by atoms with Crippen LogP contribution in [0.15, 0.2) is 65.3 Å². The van der Waals surface area contributed by atoms with E-state index in [-0.39, 0.29) is 23.3 Å². The Morgan fingerprint density at radius 2 is 1.52 bits per heavy atom. The van der Waals surface area contributed by atoms with Gasteiger partial charge in [0.2, 0.25) is 11.8 Å². The zero-order valence-corrected chi connectivity index (χ0v) is 18.6. The van der Waals surface area contributed by atoms with Crippen LogP contribution in [0.25, 0.3) is 0 Å². The Kier molecular flexibility index (Phi) is 7.14. The minimum Gasteiger partial charge on any atom is -0.447 e. The van der Waals surface area contributed by atoms with Gasteiger partial charge in [0.15, 0.2) is 5.69 Å². The molecule has 4 rings (SSSR count). The van der Waals surface area contributed by atoms with Crippen LogP contribution >= 0.6 is 0 Å². The van der Waals surface area contributed by atoms with Crippen molar-refractivity contribution in [1.82, 2.24) is 19.7 Å². The Bertz CT molecular complexity index is 1080. The summed E-state index contributed by atoms with van der Waals surface area (Å²) in [6.45, 7) is 5.16. The average molecular weight is 451 g/mol. The van der Waals surface area contributed by atoms with Crippen LogP contribution in [0.5, 0.6) is 0 Å². The summed E-state index contributed by atoms with van der Waals surface area (Å²) < 4.78 is 19.0. The van der Waals surface area contributed by atoms with Crippen LogP contribution in [-0.2, 0) is 24.4 Å². The van der Waals surface area contributed by atoms with Crippen molar-refractivity contribution in [2.24, 2.45) is 0 Å². The maximum absolute atomic E-state index is 13.3. The molecule has 1 saturated heterocycles. The number of hydrogen-bond acceptors (Lipinski definition) is 5. The van der Waals surface area contributed by atoms with Gasteiger partial charge in [-0.1, -0.05) is 42.5 Å². The molecule has 0 bridgehead atoms. The molecule has 1 fully saturated rings. The molecular weight excluding hydrogens is 423 g/mol. The van der Waals surface area contributed by atoms with Gasteiger partial charge in [0.25, 0.3) is 5.91 Å². The first-order valence-corrected chi connectivity index (χ1v) is 11.0. The van der Waals surface area contributed by atoms with Gasteiger partial charge in [-0.2, -0.15) is 0 Å². The monoisotopic (exact) mass is 450 g/mol. The molecule has 0 aliphatic carbocycles. The standard InChI is InChI=1S/C25H27FN4O3/c1-19(31)29-11-13-30(14-12-29)25(32)23-18-33-24(27-23)17-28(15-20-5-3-2-4-6-20)16-21-7-9-22(26)10-8-21/h2-10,18H,11-17H2,1H3. The van der Waals surface area contributed by atoms with E-state index in [4.69, 9.17) is 4.42 Å². The minimum atomic E-state index is -0.270. The van der Waals surface area contributed by atoms with Crippen molar-refractivity contribution in [1.29, 1.82) is 0 Å². The van der Waals surface area contributed by atoms with Crippen molar-refractivity contribution in [2.75, 3.05) is 26.2 Å². The fourth-order valence-electron chi connectivity index (χ4n) is 3.92. The summed E-state index contributed by atoms with van der Waals surface area (Å²) in [7, 11) is 0. The predicted octanol–water partition coefficient (Wildman–Crippen LogP) is 3.32. The van der Waals surface area contributed by atoms with E-state index in [0.29, 0.717) is 51.7 Å². The molecule has 33 heavy (non-hydrogen) atoms. The summed E-state index contributed by atoms with van der Waals surface area (Å²) in [6, 6.07) is 16.4. The van der Waals surface area contributed by atoms with Crippen LogP contribution in [0.4, 0.5) is 4.39 Å². The highest BCUT2D eigenvalue weighted by Crippen LogP contribution is 2.16. The Labute approximate surface area is 192 Å². The van der Waals surface area contributed by atoms with E-state index in [9.17, 15) is 14.0 Å². The number of benzene rings is 2. The molecule has 1 aromatic heterocycles. The van der Waals surface area contributed by atoms with E-state index in [1.54, 1.807) is 21.9 Å². The van der Waals surface area contributed by atoms with Gasteiger partial charge in [0.05, 0.1) is 6.54 Å². The number of carbonyl (C=O) groups is 2. The van der Waals surface area contributed by atoms with Crippen LogP contribution in [0.2, 0.25) is 0 Å². The lowest BCUT2D eigenvalue weighted by atomic mass is 10.1. The Morgan fingerprint density at radius 3 is 2.15 bits per heavy atom. The first-order chi connectivity index (χ1) is 16.0. The van der Waals surface area contributed by atoms with Gasteiger partial charge in [-0.15, -0.1) is 0 Å². The lowest BCUT2D eigenvalue weighted by molar-refractivity contribution is -0.130. The molecule has 2 amide bonds. The quantitative estimate of drug-likeness (QED) is 0.552. The third-order valence-electron chi connectivity index (χ3n) is 5.71. The Balaban J connectivity index is 1.43. The largest absolute Gasteiger partial charge is 0.447 e. The van der Waals surface area contributed by atoms with E-state index in [0.717, 1.165) is 11.1 Å². The Hall–Kier alpha value is -3.52. The van der Waals surface area contributed by atoms with Crippen LogP contribution in [-0.4, -0.2) is 57.7 Å². The summed E-state index contributed by atoms with van der Waals surface area (Å²) in [4.78, 5) is 34.3. The van der Waals surface area contributed by atoms with Crippen molar-refractivity contribution < 1.29 is 18.4 Å². The number of amides is 2. The number of oxazole rings is 1. The maximum Gasteiger partial charge on any atom is 0.275 e. The van der Waals surface area contributed by atoms with Crippen molar-refractivity contribution in [2.45, 2.75) is 26.6 Å². The summed E-state index contributed by atoms with van der Waals surface area (Å²) in [5.41, 5.74) is 2.37. The van der Waals surface area contributed by atoms with Crippen LogP contribution in [0.3, 0.4) is 0 Å². The van der Waals surface area contributed by atoms with Crippen molar-refractivity contribution in [3.63, 3.8) is 0 Å². The smallest absolute Gasteiger partial charge is 0.275 e. The lowest BCUT2D eigenvalue weighted by Crippen LogP contribution is -2.50. The van der Waals surface area contributed by atoms with Crippen molar-refractivity contribution >= 4 is 11.8 Å². The average Bonchev–Trinajstić information content (AvgIpc) is 3.29. The van der Waals surface area contributed by atoms with Gasteiger partial charge in [-0.05, 0) is 23.3 Å². The van der Waals surface area contributed by atoms with Crippen LogP contribution in [0, 0.1) is 5.82 Å². The molecule has 1 aliphatic rings. The molecule has 172 valence electrons. The van der Waals surface area contributed by atoms with Gasteiger partial charge < -0.3 is 14.2 Å². The lowest BCUT2D eigenvalue weighted by Gasteiger charge is -2.33. The van der Waals surface area contributed by atoms with Gasteiger partial charge in [-0.25, -0.2) is 9.37 Å². The predicted molar refractivity (Wildman–Crippen MR) is 120 cm³/mol. The summed E-state index contributed by atoms with van der Waals surface area (Å²) >= 11 is 0. The molecule has 2 heterocycles. The molecule has 0 atom stereocenters. The van der Waals surface area contributed by atoms with E-state index in [2.05, 4.69) is 9.88 Å². The number of carbonyl (C=O) groups excluding carboxylic acids is 2. The second-order valence-electron chi connectivity index (χ2n) is 8.18. The van der Waals surface area contributed by atoms with Crippen molar-refractivity contribution in [3.05, 3.63) is 89.4 Å². The summed E-state index contributed by atoms with van der Waals surface area (Å²) in [6.07, 6.45) is 1.40. The highest BCUT2D eigenvalue weighted by molar-refractivity contribution is 5.92. The van der Waals surface area contributed by atoms with Gasteiger partial charge in [0, 0.05) is 46.2 Å². The van der Waals surface area contributed by atoms with E-state index >= 15 is 0 Å². The SMILES string of the molecule is CC(=O)N1CCN(C(=O)c2coc(CN(Cc3ccccc3)Cc3ccc(F)cc3)n2)CC1. The molecule has 1 aliphatic heterocycles. The number of rotatable bonds is 7. The highest BCUT2D eigenvalue weighted by Gasteiger charge is 2.25. The second kappa shape index (κ2) is 10.4. The molecule has 7 nitrogen and oxygen atoms in total. The van der Waals surface area contributed by atoms with E-state index < -0.39 is 0 Å². The second-order valence-corrected chi connectivity index (χ2v) is 8.18. The zero-order valence-electron chi connectivity index (χ0n) is 18.6. The molecule has 2 aromatic carbocycles. The molecule has 0 saturated carbocycles. The molecule has 8 heteroatoms. The first kappa shape index (κ1) is 22.7. The van der Waals surface area contributed by atoms with Gasteiger partial charge in [-0.3, -0.25) is 14.5 Å². The molecule has 0 N–H and O–H groups in total. The topological polar surface area (TPSA) is 69.9 Å². The fourth-order valence-corrected chi connectivity index (χ4v) is 3.92. The number of hydrogen-bond donors (Lipinski definition) is 0.